The zero-order valence-corrected chi connectivity index (χ0v) is 10.3. The molecule has 0 aliphatic rings. The monoisotopic (exact) mass is 269 g/mol. The molecule has 0 amide bonds. The molecule has 18 heavy (non-hydrogen) atoms. The van der Waals surface area contributed by atoms with Crippen LogP contribution in [0.3, 0.4) is 0 Å². The SMILES string of the molecule is COc1ccc(Cl)c(-c2cc(F)c(N)c(F)c2)c1. The molecule has 0 radical (unpaired) electrons. The van der Waals surface area contributed by atoms with Crippen LogP contribution in [0, 0.1) is 11.6 Å². The van der Waals surface area contributed by atoms with Crippen LogP contribution in [0.5, 0.6) is 5.75 Å². The van der Waals surface area contributed by atoms with Gasteiger partial charge < -0.3 is 10.5 Å². The molecule has 5 heteroatoms. The van der Waals surface area contributed by atoms with Gasteiger partial charge >= 0.3 is 0 Å². The molecule has 2 N–H and O–H groups in total. The molecule has 0 aliphatic heterocycles. The van der Waals surface area contributed by atoms with Crippen molar-refractivity contribution in [2.45, 2.75) is 0 Å². The maximum Gasteiger partial charge on any atom is 0.149 e. The highest BCUT2D eigenvalue weighted by atomic mass is 35.5. The van der Waals surface area contributed by atoms with Crippen molar-refractivity contribution in [1.29, 1.82) is 0 Å². The first-order valence-corrected chi connectivity index (χ1v) is 5.49. The summed E-state index contributed by atoms with van der Waals surface area (Å²) in [7, 11) is 1.50. The quantitative estimate of drug-likeness (QED) is 0.840. The van der Waals surface area contributed by atoms with Gasteiger partial charge in [0, 0.05) is 10.6 Å². The number of nitrogens with two attached hydrogens (primary N) is 1. The molecular weight excluding hydrogens is 260 g/mol. The number of methoxy groups -OCH3 is 1. The largest absolute Gasteiger partial charge is 0.497 e. The second-order valence-electron chi connectivity index (χ2n) is 3.70. The third-order valence-corrected chi connectivity index (χ3v) is 2.89. The van der Waals surface area contributed by atoms with Gasteiger partial charge in [0.15, 0.2) is 0 Å². The number of hydrogen-bond acceptors (Lipinski definition) is 2. The molecule has 2 aromatic rings. The van der Waals surface area contributed by atoms with E-state index in [1.165, 1.54) is 7.11 Å². The van der Waals surface area contributed by atoms with Crippen molar-refractivity contribution in [3.05, 3.63) is 47.0 Å². The lowest BCUT2D eigenvalue weighted by molar-refractivity contribution is 0.415. The standard InChI is InChI=1S/C13H10ClF2NO/c1-18-8-2-3-10(14)9(6-8)7-4-11(15)13(17)12(16)5-7/h2-6H,17H2,1H3. The summed E-state index contributed by atoms with van der Waals surface area (Å²) in [5.41, 5.74) is 5.50. The Kier molecular flexibility index (Phi) is 3.39. The van der Waals surface area contributed by atoms with E-state index in [1.54, 1.807) is 18.2 Å². The molecule has 0 saturated heterocycles. The molecule has 0 aromatic heterocycles. The molecule has 0 saturated carbocycles. The van der Waals surface area contributed by atoms with Crippen molar-refractivity contribution < 1.29 is 13.5 Å². The molecule has 0 fully saturated rings. The summed E-state index contributed by atoms with van der Waals surface area (Å²) in [5, 5.41) is 0.374. The highest BCUT2D eigenvalue weighted by Crippen LogP contribution is 2.33. The number of anilines is 1. The van der Waals surface area contributed by atoms with Crippen molar-refractivity contribution in [3.8, 4) is 16.9 Å². The van der Waals surface area contributed by atoms with Gasteiger partial charge in [-0.05, 0) is 35.9 Å². The van der Waals surface area contributed by atoms with E-state index in [0.29, 0.717) is 21.9 Å². The van der Waals surface area contributed by atoms with E-state index in [1.807, 2.05) is 0 Å². The van der Waals surface area contributed by atoms with Crippen LogP contribution in [0.2, 0.25) is 5.02 Å². The fraction of sp³-hybridized carbons (Fsp3) is 0.0769. The number of rotatable bonds is 2. The first-order valence-electron chi connectivity index (χ1n) is 5.11. The van der Waals surface area contributed by atoms with E-state index in [-0.39, 0.29) is 0 Å². The molecule has 0 bridgehead atoms. The average Bonchev–Trinajstić information content (AvgIpc) is 2.36. The lowest BCUT2D eigenvalue weighted by atomic mass is 10.0. The van der Waals surface area contributed by atoms with Crippen LogP contribution in [0.1, 0.15) is 0 Å². The van der Waals surface area contributed by atoms with E-state index in [2.05, 4.69) is 0 Å². The molecular formula is C13H10ClF2NO. The Balaban J connectivity index is 2.61. The minimum Gasteiger partial charge on any atom is -0.497 e. The predicted octanol–water partition coefficient (Wildman–Crippen LogP) is 3.88. The van der Waals surface area contributed by atoms with Crippen molar-refractivity contribution in [2.24, 2.45) is 0 Å². The lowest BCUT2D eigenvalue weighted by Gasteiger charge is -2.09. The zero-order chi connectivity index (χ0) is 13.3. The van der Waals surface area contributed by atoms with E-state index < -0.39 is 17.3 Å². The summed E-state index contributed by atoms with van der Waals surface area (Å²) in [4.78, 5) is 0. The van der Waals surface area contributed by atoms with Gasteiger partial charge in [0.05, 0.1) is 7.11 Å². The minimum atomic E-state index is -0.816. The second-order valence-corrected chi connectivity index (χ2v) is 4.11. The number of halogens is 3. The molecule has 2 aromatic carbocycles. The van der Waals surface area contributed by atoms with Crippen molar-refractivity contribution in [1.82, 2.24) is 0 Å². The van der Waals surface area contributed by atoms with Crippen molar-refractivity contribution in [2.75, 3.05) is 12.8 Å². The summed E-state index contributed by atoms with van der Waals surface area (Å²) >= 11 is 6.00. The fourth-order valence-electron chi connectivity index (χ4n) is 1.59. The first-order chi connectivity index (χ1) is 8.52. The van der Waals surface area contributed by atoms with E-state index in [4.69, 9.17) is 22.1 Å². The Labute approximate surface area is 108 Å². The molecule has 2 nitrogen and oxygen atoms in total. The average molecular weight is 270 g/mol. The summed E-state index contributed by atoms with van der Waals surface area (Å²) < 4.78 is 31.8. The maximum atomic E-state index is 13.4. The smallest absolute Gasteiger partial charge is 0.149 e. The van der Waals surface area contributed by atoms with Crippen LogP contribution in [0.25, 0.3) is 11.1 Å². The number of hydrogen-bond donors (Lipinski definition) is 1. The van der Waals surface area contributed by atoms with Crippen LogP contribution in [0.15, 0.2) is 30.3 Å². The maximum absolute atomic E-state index is 13.4. The van der Waals surface area contributed by atoms with Crippen molar-refractivity contribution >= 4 is 17.3 Å². The molecule has 0 heterocycles. The van der Waals surface area contributed by atoms with Gasteiger partial charge in [-0.1, -0.05) is 11.6 Å². The Morgan fingerprint density at radius 1 is 1.11 bits per heavy atom. The van der Waals surface area contributed by atoms with Gasteiger partial charge in [-0.25, -0.2) is 8.78 Å². The predicted molar refractivity (Wildman–Crippen MR) is 67.8 cm³/mol. The van der Waals surface area contributed by atoms with Gasteiger partial charge in [0.1, 0.15) is 23.1 Å². The Bertz CT molecular complexity index is 579. The highest BCUT2D eigenvalue weighted by molar-refractivity contribution is 6.33. The number of ether oxygens (including phenoxy) is 1. The summed E-state index contributed by atoms with van der Waals surface area (Å²) in [6.45, 7) is 0. The normalized spacial score (nSPS) is 10.4. The van der Waals surface area contributed by atoms with Crippen LogP contribution in [-0.4, -0.2) is 7.11 Å². The van der Waals surface area contributed by atoms with E-state index >= 15 is 0 Å². The second kappa shape index (κ2) is 4.82. The highest BCUT2D eigenvalue weighted by Gasteiger charge is 2.12. The van der Waals surface area contributed by atoms with E-state index in [9.17, 15) is 8.78 Å². The van der Waals surface area contributed by atoms with Gasteiger partial charge in [0.2, 0.25) is 0 Å². The first kappa shape index (κ1) is 12.6. The fourth-order valence-corrected chi connectivity index (χ4v) is 1.82. The van der Waals surface area contributed by atoms with Crippen LogP contribution in [-0.2, 0) is 0 Å². The molecule has 0 atom stereocenters. The molecule has 94 valence electrons. The minimum absolute atomic E-state index is 0.308. The number of nitrogen functional groups attached to an aromatic ring is 1. The van der Waals surface area contributed by atoms with Crippen LogP contribution in [0.4, 0.5) is 14.5 Å². The van der Waals surface area contributed by atoms with Gasteiger partial charge in [-0.3, -0.25) is 0 Å². The van der Waals surface area contributed by atoms with Gasteiger partial charge in [0.25, 0.3) is 0 Å². The van der Waals surface area contributed by atoms with E-state index in [0.717, 1.165) is 12.1 Å². The summed E-state index contributed by atoms with van der Waals surface area (Å²) in [5.74, 6) is -1.08. The summed E-state index contributed by atoms with van der Waals surface area (Å²) in [6, 6.07) is 7.14. The van der Waals surface area contributed by atoms with Crippen LogP contribution >= 0.6 is 11.6 Å². The third kappa shape index (κ3) is 2.24. The molecule has 2 rings (SSSR count). The number of benzene rings is 2. The van der Waals surface area contributed by atoms with Crippen molar-refractivity contribution in [3.63, 3.8) is 0 Å². The Morgan fingerprint density at radius 3 is 2.28 bits per heavy atom. The topological polar surface area (TPSA) is 35.2 Å². The lowest BCUT2D eigenvalue weighted by Crippen LogP contribution is -1.96. The van der Waals surface area contributed by atoms with Gasteiger partial charge in [-0.2, -0.15) is 0 Å². The molecule has 0 spiro atoms. The van der Waals surface area contributed by atoms with Gasteiger partial charge in [-0.15, -0.1) is 0 Å². The summed E-state index contributed by atoms with van der Waals surface area (Å²) in [6.07, 6.45) is 0. The molecule has 0 unspecified atom stereocenters. The zero-order valence-electron chi connectivity index (χ0n) is 9.51. The third-order valence-electron chi connectivity index (χ3n) is 2.56. The molecule has 0 aliphatic carbocycles. The Morgan fingerprint density at radius 2 is 1.72 bits per heavy atom. The van der Waals surface area contributed by atoms with Crippen LogP contribution < -0.4 is 10.5 Å². The Hall–Kier alpha value is -1.81.